The molecule has 0 spiro atoms. The first kappa shape index (κ1) is 25.3. The molecule has 1 rings (SSSR count). The van der Waals surface area contributed by atoms with Gasteiger partial charge in [-0.15, -0.1) is 0 Å². The van der Waals surface area contributed by atoms with Crippen LogP contribution in [0.4, 0.5) is 4.79 Å². The van der Waals surface area contributed by atoms with Gasteiger partial charge in [0.25, 0.3) is 0 Å². The molecule has 8 nitrogen and oxygen atoms in total. The summed E-state index contributed by atoms with van der Waals surface area (Å²) < 4.78 is 11.0. The molecule has 3 N–H and O–H groups in total. The zero-order valence-corrected chi connectivity index (χ0v) is 19.1. The lowest BCUT2D eigenvalue weighted by Crippen LogP contribution is -2.57. The number of carbonyl (C=O) groups excluding carboxylic acids is 2. The monoisotopic (exact) mass is 422 g/mol. The van der Waals surface area contributed by atoms with Crippen LogP contribution >= 0.6 is 0 Å². The fourth-order valence-corrected chi connectivity index (χ4v) is 2.39. The maximum atomic E-state index is 12.8. The molecule has 0 heterocycles. The Kier molecular flexibility index (Phi) is 7.89. The second kappa shape index (κ2) is 9.36. The van der Waals surface area contributed by atoms with Gasteiger partial charge in [0.05, 0.1) is 0 Å². The van der Waals surface area contributed by atoms with Crippen LogP contribution in [0.25, 0.3) is 0 Å². The molecule has 8 heteroatoms. The molecule has 1 atom stereocenters. The Hall–Kier alpha value is -2.77. The molecule has 168 valence electrons. The van der Waals surface area contributed by atoms with Crippen molar-refractivity contribution in [3.63, 3.8) is 0 Å². The number of hydrogen-bond acceptors (Lipinski definition) is 5. The molecular formula is C22H34N2O6. The van der Waals surface area contributed by atoms with E-state index in [-0.39, 0.29) is 12.0 Å². The van der Waals surface area contributed by atoms with Crippen LogP contribution < -0.4 is 15.4 Å². The van der Waals surface area contributed by atoms with Crippen LogP contribution in [-0.2, 0) is 20.7 Å². The van der Waals surface area contributed by atoms with Crippen molar-refractivity contribution >= 4 is 18.0 Å². The molecule has 0 aliphatic rings. The Labute approximate surface area is 178 Å². The van der Waals surface area contributed by atoms with Crippen molar-refractivity contribution in [2.24, 2.45) is 0 Å². The van der Waals surface area contributed by atoms with Crippen LogP contribution in [0.3, 0.4) is 0 Å². The third-order valence-electron chi connectivity index (χ3n) is 3.77. The van der Waals surface area contributed by atoms with Crippen molar-refractivity contribution in [3.8, 4) is 5.75 Å². The van der Waals surface area contributed by atoms with E-state index in [0.717, 1.165) is 5.56 Å². The van der Waals surface area contributed by atoms with Crippen LogP contribution in [0.5, 0.6) is 5.75 Å². The minimum Gasteiger partial charge on any atom is -0.488 e. The summed E-state index contributed by atoms with van der Waals surface area (Å²) in [5.74, 6) is -1.13. The highest BCUT2D eigenvalue weighted by Crippen LogP contribution is 2.19. The number of rotatable bonds is 7. The molecule has 0 bridgehead atoms. The topological polar surface area (TPSA) is 114 Å². The van der Waals surface area contributed by atoms with Crippen LogP contribution in [0.2, 0.25) is 0 Å². The van der Waals surface area contributed by atoms with Crippen molar-refractivity contribution in [2.75, 3.05) is 0 Å². The lowest BCUT2D eigenvalue weighted by Gasteiger charge is -2.27. The predicted molar refractivity (Wildman–Crippen MR) is 114 cm³/mol. The summed E-state index contributed by atoms with van der Waals surface area (Å²) >= 11 is 0. The minimum atomic E-state index is -1.49. The van der Waals surface area contributed by atoms with Gasteiger partial charge in [0.1, 0.15) is 28.5 Å². The Morgan fingerprint density at radius 2 is 1.47 bits per heavy atom. The fourth-order valence-electron chi connectivity index (χ4n) is 2.39. The summed E-state index contributed by atoms with van der Waals surface area (Å²) in [6.07, 6.45) is -0.611. The summed E-state index contributed by atoms with van der Waals surface area (Å²) in [6.45, 7) is 13.7. The lowest BCUT2D eigenvalue weighted by molar-refractivity contribution is -0.146. The normalized spacial score (nSPS) is 13.2. The summed E-state index contributed by atoms with van der Waals surface area (Å²) in [4.78, 5) is 36.3. The molecule has 0 fully saturated rings. The van der Waals surface area contributed by atoms with E-state index < -0.39 is 35.2 Å². The van der Waals surface area contributed by atoms with E-state index in [1.54, 1.807) is 45.0 Å². The van der Waals surface area contributed by atoms with E-state index in [0.29, 0.717) is 5.75 Å². The first-order chi connectivity index (χ1) is 13.5. The average Bonchev–Trinajstić information content (AvgIpc) is 2.52. The van der Waals surface area contributed by atoms with Crippen molar-refractivity contribution in [1.29, 1.82) is 0 Å². The SMILES string of the molecule is CC(C)(C)OC(=O)NC(Cc1ccc(OC(C)(C)C)cc1)C(=O)NC(C)(C)C(=O)O. The van der Waals surface area contributed by atoms with Gasteiger partial charge in [-0.1, -0.05) is 12.1 Å². The molecule has 1 aromatic rings. The smallest absolute Gasteiger partial charge is 0.408 e. The van der Waals surface area contributed by atoms with E-state index >= 15 is 0 Å². The number of amides is 2. The molecule has 0 saturated carbocycles. The molecule has 0 aromatic heterocycles. The quantitative estimate of drug-likeness (QED) is 0.621. The molecule has 0 radical (unpaired) electrons. The second-order valence-corrected chi connectivity index (χ2v) is 9.68. The summed E-state index contributed by atoms with van der Waals surface area (Å²) in [7, 11) is 0. The number of alkyl carbamates (subject to hydrolysis) is 1. The highest BCUT2D eigenvalue weighted by atomic mass is 16.6. The van der Waals surface area contributed by atoms with Gasteiger partial charge in [0, 0.05) is 6.42 Å². The Bertz CT molecular complexity index is 757. The standard InChI is InChI=1S/C22H34N2O6/c1-20(2,3)29-15-11-9-14(10-12-15)13-16(23-19(28)30-21(4,5)6)17(25)24-22(7,8)18(26)27/h9-12,16H,13H2,1-8H3,(H,23,28)(H,24,25)(H,26,27). The molecule has 0 aliphatic heterocycles. The number of benzene rings is 1. The van der Waals surface area contributed by atoms with Crippen LogP contribution in [0.15, 0.2) is 24.3 Å². The number of hydrogen-bond donors (Lipinski definition) is 3. The maximum absolute atomic E-state index is 12.8. The minimum absolute atomic E-state index is 0.149. The van der Waals surface area contributed by atoms with Gasteiger partial charge >= 0.3 is 12.1 Å². The van der Waals surface area contributed by atoms with Gasteiger partial charge < -0.3 is 25.2 Å². The van der Waals surface area contributed by atoms with E-state index in [4.69, 9.17) is 9.47 Å². The largest absolute Gasteiger partial charge is 0.488 e. The molecule has 0 aliphatic carbocycles. The van der Waals surface area contributed by atoms with Crippen molar-refractivity contribution < 1.29 is 29.0 Å². The van der Waals surface area contributed by atoms with Gasteiger partial charge in [0.2, 0.25) is 5.91 Å². The molecule has 2 amide bonds. The van der Waals surface area contributed by atoms with Gasteiger partial charge in [-0.3, -0.25) is 4.79 Å². The van der Waals surface area contributed by atoms with Crippen LogP contribution in [0.1, 0.15) is 61.0 Å². The summed E-state index contributed by atoms with van der Waals surface area (Å²) in [6, 6.07) is 6.13. The number of nitrogens with one attached hydrogen (secondary N) is 2. The second-order valence-electron chi connectivity index (χ2n) is 9.68. The van der Waals surface area contributed by atoms with Gasteiger partial charge in [-0.2, -0.15) is 0 Å². The molecule has 1 unspecified atom stereocenters. The maximum Gasteiger partial charge on any atom is 0.408 e. The third-order valence-corrected chi connectivity index (χ3v) is 3.77. The van der Waals surface area contributed by atoms with E-state index in [2.05, 4.69) is 10.6 Å². The Morgan fingerprint density at radius 3 is 1.90 bits per heavy atom. The van der Waals surface area contributed by atoms with E-state index in [1.165, 1.54) is 13.8 Å². The van der Waals surface area contributed by atoms with Crippen LogP contribution in [0, 0.1) is 0 Å². The van der Waals surface area contributed by atoms with Crippen molar-refractivity contribution in [3.05, 3.63) is 29.8 Å². The summed E-state index contributed by atoms with van der Waals surface area (Å²) in [5.41, 5.74) is -1.81. The first-order valence-corrected chi connectivity index (χ1v) is 9.81. The highest BCUT2D eigenvalue weighted by Gasteiger charge is 2.33. The van der Waals surface area contributed by atoms with Crippen LogP contribution in [-0.4, -0.2) is 45.9 Å². The molecular weight excluding hydrogens is 388 g/mol. The van der Waals surface area contributed by atoms with Gasteiger partial charge in [0.15, 0.2) is 0 Å². The Morgan fingerprint density at radius 1 is 0.933 bits per heavy atom. The first-order valence-electron chi connectivity index (χ1n) is 9.81. The zero-order valence-electron chi connectivity index (χ0n) is 19.1. The fraction of sp³-hybridized carbons (Fsp3) is 0.591. The average molecular weight is 423 g/mol. The predicted octanol–water partition coefficient (Wildman–Crippen LogP) is 3.28. The van der Waals surface area contributed by atoms with Gasteiger partial charge in [-0.05, 0) is 73.1 Å². The molecule has 30 heavy (non-hydrogen) atoms. The number of carboxylic acid groups (broad SMARTS) is 1. The lowest BCUT2D eigenvalue weighted by atomic mass is 10.0. The number of ether oxygens (including phenoxy) is 2. The third kappa shape index (κ3) is 9.15. The number of carbonyl (C=O) groups is 3. The van der Waals surface area contributed by atoms with Crippen molar-refractivity contribution in [2.45, 2.75) is 84.6 Å². The van der Waals surface area contributed by atoms with E-state index in [9.17, 15) is 19.5 Å². The van der Waals surface area contributed by atoms with E-state index in [1.807, 2.05) is 20.8 Å². The molecule has 0 saturated heterocycles. The van der Waals surface area contributed by atoms with Crippen molar-refractivity contribution in [1.82, 2.24) is 10.6 Å². The number of aliphatic carboxylic acids is 1. The summed E-state index contributed by atoms with van der Waals surface area (Å²) in [5, 5.41) is 14.3. The zero-order chi connectivity index (χ0) is 23.3. The molecule has 1 aromatic carbocycles. The highest BCUT2D eigenvalue weighted by molar-refractivity contribution is 5.91. The Balaban J connectivity index is 3.01. The number of carboxylic acids is 1. The van der Waals surface area contributed by atoms with Gasteiger partial charge in [-0.25, -0.2) is 9.59 Å².